The molecule has 280 valence electrons. The predicted octanol–water partition coefficient (Wildman–Crippen LogP) is 10.8. The molecule has 2 heterocycles. The molecule has 0 atom stereocenters. The highest BCUT2D eigenvalue weighted by Crippen LogP contribution is 2.55. The van der Waals surface area contributed by atoms with Crippen molar-refractivity contribution in [2.24, 2.45) is 0 Å². The highest BCUT2D eigenvalue weighted by molar-refractivity contribution is 6.62. The van der Waals surface area contributed by atoms with E-state index < -0.39 is 36.6 Å². The molecule has 1 aliphatic carbocycles. The van der Waals surface area contributed by atoms with Crippen molar-refractivity contribution in [2.75, 3.05) is 0 Å². The number of aryl methyl sites for hydroxylation is 2. The standard InChI is InChI=1S/C46H66B2O4/c1-12-14-16-18-19-21-27-46(35-29-33(3)28-34(30-35)22-20-17-15-13-2)40-31-36(47-49-42(4,5)43(6,7)50-47)23-25-38(40)39-26-24-37(32-41(39)46)48-51-44(8,9)45(10,11)52-48/h23-26,28-32H,12-22,27H2,1-11H3. The van der Waals surface area contributed by atoms with Gasteiger partial charge in [-0.05, 0) is 126 Å². The second-order valence-corrected chi connectivity index (χ2v) is 18.2. The number of benzene rings is 3. The molecule has 3 aromatic rings. The van der Waals surface area contributed by atoms with Crippen molar-refractivity contribution in [1.29, 1.82) is 0 Å². The van der Waals surface area contributed by atoms with Crippen LogP contribution in [0.3, 0.4) is 0 Å². The summed E-state index contributed by atoms with van der Waals surface area (Å²) < 4.78 is 26.7. The van der Waals surface area contributed by atoms with Crippen molar-refractivity contribution in [3.63, 3.8) is 0 Å². The van der Waals surface area contributed by atoms with Crippen LogP contribution in [0.25, 0.3) is 11.1 Å². The van der Waals surface area contributed by atoms with Gasteiger partial charge in [-0.3, -0.25) is 0 Å². The Kier molecular flexibility index (Phi) is 11.4. The van der Waals surface area contributed by atoms with Crippen LogP contribution >= 0.6 is 0 Å². The predicted molar refractivity (Wildman–Crippen MR) is 220 cm³/mol. The van der Waals surface area contributed by atoms with Crippen LogP contribution in [0.15, 0.2) is 54.6 Å². The maximum Gasteiger partial charge on any atom is 0.494 e. The van der Waals surface area contributed by atoms with Crippen molar-refractivity contribution in [2.45, 2.75) is 181 Å². The Morgan fingerprint density at radius 2 is 0.942 bits per heavy atom. The summed E-state index contributed by atoms with van der Waals surface area (Å²) in [6.45, 7) is 24.0. The molecule has 2 fully saturated rings. The van der Waals surface area contributed by atoms with Gasteiger partial charge in [-0.2, -0.15) is 0 Å². The molecule has 6 heteroatoms. The van der Waals surface area contributed by atoms with Crippen molar-refractivity contribution in [3.05, 3.63) is 82.4 Å². The van der Waals surface area contributed by atoms with Gasteiger partial charge in [0.25, 0.3) is 0 Å². The first-order chi connectivity index (χ1) is 24.5. The summed E-state index contributed by atoms with van der Waals surface area (Å²) in [6.07, 6.45) is 14.8. The molecule has 0 bridgehead atoms. The van der Waals surface area contributed by atoms with Gasteiger partial charge in [0.2, 0.25) is 0 Å². The van der Waals surface area contributed by atoms with E-state index in [1.54, 1.807) is 0 Å². The van der Waals surface area contributed by atoms with E-state index in [4.69, 9.17) is 18.6 Å². The Balaban J connectivity index is 1.52. The third-order valence-electron chi connectivity index (χ3n) is 13.2. The Bertz CT molecular complexity index is 1610. The van der Waals surface area contributed by atoms with Gasteiger partial charge in [0, 0.05) is 5.41 Å². The number of fused-ring (bicyclic) bond motifs is 3. The van der Waals surface area contributed by atoms with Gasteiger partial charge in [0.1, 0.15) is 0 Å². The fraction of sp³-hybridized carbons (Fsp3) is 0.609. The largest absolute Gasteiger partial charge is 0.494 e. The SMILES string of the molecule is CCCCCCCCC1(c2cc(C)cc(CCCCCC)c2)c2cc(B3OC(C)(C)C(C)(C)O3)ccc2-c2ccc(B3OC(C)(C)C(C)(C)O3)cc21. The Morgan fingerprint density at radius 1 is 0.500 bits per heavy atom. The molecule has 6 rings (SSSR count). The van der Waals surface area contributed by atoms with Gasteiger partial charge in [0.05, 0.1) is 22.4 Å². The quantitative estimate of drug-likeness (QED) is 0.117. The summed E-state index contributed by atoms with van der Waals surface area (Å²) in [4.78, 5) is 0. The Labute approximate surface area is 317 Å². The second kappa shape index (κ2) is 15.0. The van der Waals surface area contributed by atoms with Crippen molar-refractivity contribution >= 4 is 25.2 Å². The minimum absolute atomic E-state index is 0.334. The van der Waals surface area contributed by atoms with Crippen LogP contribution in [-0.2, 0) is 30.5 Å². The van der Waals surface area contributed by atoms with Crippen molar-refractivity contribution in [1.82, 2.24) is 0 Å². The Morgan fingerprint density at radius 3 is 1.42 bits per heavy atom. The number of rotatable bonds is 15. The lowest BCUT2D eigenvalue weighted by molar-refractivity contribution is 0.00578. The van der Waals surface area contributed by atoms with Gasteiger partial charge in [-0.25, -0.2) is 0 Å². The molecule has 0 unspecified atom stereocenters. The van der Waals surface area contributed by atoms with Crippen LogP contribution in [0.4, 0.5) is 0 Å². The van der Waals surface area contributed by atoms with Crippen molar-refractivity contribution < 1.29 is 18.6 Å². The van der Waals surface area contributed by atoms with Gasteiger partial charge in [0.15, 0.2) is 0 Å². The zero-order valence-corrected chi connectivity index (χ0v) is 34.5. The van der Waals surface area contributed by atoms with Crippen LogP contribution in [0, 0.1) is 6.92 Å². The van der Waals surface area contributed by atoms with Crippen LogP contribution in [0.2, 0.25) is 0 Å². The first-order valence-electron chi connectivity index (χ1n) is 20.7. The molecule has 52 heavy (non-hydrogen) atoms. The molecule has 0 aromatic heterocycles. The van der Waals surface area contributed by atoms with Crippen molar-refractivity contribution in [3.8, 4) is 11.1 Å². The molecule has 2 aliphatic heterocycles. The van der Waals surface area contributed by atoms with E-state index in [0.29, 0.717) is 0 Å². The van der Waals surface area contributed by atoms with Crippen LogP contribution in [0.5, 0.6) is 0 Å². The fourth-order valence-electron chi connectivity index (χ4n) is 8.60. The average molecular weight is 705 g/mol. The second-order valence-electron chi connectivity index (χ2n) is 18.2. The summed E-state index contributed by atoms with van der Waals surface area (Å²) in [5.41, 5.74) is 9.79. The lowest BCUT2D eigenvalue weighted by atomic mass is 9.65. The monoisotopic (exact) mass is 705 g/mol. The Hall–Kier alpha value is -2.37. The normalized spacial score (nSPS) is 20.4. The molecule has 3 aromatic carbocycles. The van der Waals surface area contributed by atoms with Gasteiger partial charge >= 0.3 is 14.2 Å². The molecule has 3 aliphatic rings. The highest BCUT2D eigenvalue weighted by Gasteiger charge is 2.54. The lowest BCUT2D eigenvalue weighted by Crippen LogP contribution is -2.41. The summed E-state index contributed by atoms with van der Waals surface area (Å²) in [7, 11) is -0.838. The molecule has 0 saturated carbocycles. The molecule has 0 spiro atoms. The van der Waals surface area contributed by atoms with Crippen LogP contribution < -0.4 is 10.9 Å². The zero-order valence-electron chi connectivity index (χ0n) is 34.5. The molecule has 0 N–H and O–H groups in total. The van der Waals surface area contributed by atoms with E-state index in [9.17, 15) is 0 Å². The summed E-state index contributed by atoms with van der Waals surface area (Å²) in [5, 5.41) is 0. The van der Waals surface area contributed by atoms with E-state index in [1.165, 1.54) is 96.7 Å². The molecule has 4 nitrogen and oxygen atoms in total. The first kappa shape index (κ1) is 39.3. The molecular weight excluding hydrogens is 638 g/mol. The third-order valence-corrected chi connectivity index (χ3v) is 13.2. The van der Waals surface area contributed by atoms with Gasteiger partial charge in [-0.15, -0.1) is 0 Å². The molecule has 0 amide bonds. The van der Waals surface area contributed by atoms with E-state index >= 15 is 0 Å². The number of hydrogen-bond donors (Lipinski definition) is 0. The fourth-order valence-corrected chi connectivity index (χ4v) is 8.60. The molecular formula is C46H66B2O4. The van der Waals surface area contributed by atoms with E-state index in [2.05, 4.69) is 131 Å². The van der Waals surface area contributed by atoms with Crippen LogP contribution in [0.1, 0.15) is 168 Å². The minimum atomic E-state index is -0.419. The lowest BCUT2D eigenvalue weighted by Gasteiger charge is -2.35. The zero-order chi connectivity index (χ0) is 37.5. The summed E-state index contributed by atoms with van der Waals surface area (Å²) in [6, 6.07) is 21.5. The van der Waals surface area contributed by atoms with Gasteiger partial charge < -0.3 is 18.6 Å². The average Bonchev–Trinajstić information content (AvgIpc) is 3.58. The first-order valence-corrected chi connectivity index (χ1v) is 20.7. The van der Waals surface area contributed by atoms with E-state index in [1.807, 2.05) is 0 Å². The summed E-state index contributed by atoms with van der Waals surface area (Å²) in [5.74, 6) is 0. The summed E-state index contributed by atoms with van der Waals surface area (Å²) >= 11 is 0. The van der Waals surface area contributed by atoms with E-state index in [0.717, 1.165) is 30.2 Å². The van der Waals surface area contributed by atoms with Gasteiger partial charge in [-0.1, -0.05) is 132 Å². The minimum Gasteiger partial charge on any atom is -0.399 e. The van der Waals surface area contributed by atoms with E-state index in [-0.39, 0.29) is 5.41 Å². The smallest absolute Gasteiger partial charge is 0.399 e. The number of unbranched alkanes of at least 4 members (excludes halogenated alkanes) is 8. The third kappa shape index (κ3) is 7.36. The van der Waals surface area contributed by atoms with Crippen LogP contribution in [-0.4, -0.2) is 36.6 Å². The topological polar surface area (TPSA) is 36.9 Å². The number of hydrogen-bond acceptors (Lipinski definition) is 4. The molecule has 0 radical (unpaired) electrons. The highest BCUT2D eigenvalue weighted by atomic mass is 16.7. The molecule has 2 saturated heterocycles. The maximum atomic E-state index is 6.67. The maximum absolute atomic E-state index is 6.67.